The van der Waals surface area contributed by atoms with Crippen molar-refractivity contribution < 1.29 is 14.3 Å². The van der Waals surface area contributed by atoms with Gasteiger partial charge in [0, 0.05) is 80.8 Å². The molecule has 5 heterocycles. The molecule has 1 unspecified atom stereocenters. The summed E-state index contributed by atoms with van der Waals surface area (Å²) in [6, 6.07) is 13.6. The molecule has 1 aromatic carbocycles. The first-order valence-corrected chi connectivity index (χ1v) is 13.3. The summed E-state index contributed by atoms with van der Waals surface area (Å²) < 4.78 is 5.92. The Hall–Kier alpha value is -4.31. The van der Waals surface area contributed by atoms with Gasteiger partial charge in [-0.2, -0.15) is 0 Å². The largest absolute Gasteiger partial charge is 0.493 e. The minimum Gasteiger partial charge on any atom is -0.493 e. The van der Waals surface area contributed by atoms with Crippen LogP contribution in [0.4, 0.5) is 0 Å². The van der Waals surface area contributed by atoms with E-state index in [1.807, 2.05) is 41.3 Å². The van der Waals surface area contributed by atoms with E-state index in [0.717, 1.165) is 42.6 Å². The lowest BCUT2D eigenvalue weighted by Crippen LogP contribution is -2.47. The van der Waals surface area contributed by atoms with Crippen molar-refractivity contribution in [2.24, 2.45) is 5.92 Å². The molecule has 0 saturated carbocycles. The van der Waals surface area contributed by atoms with Gasteiger partial charge in [0.2, 0.25) is 5.91 Å². The normalized spacial score (nSPS) is 17.9. The molecular weight excluding hydrogens is 494 g/mol. The zero-order valence-corrected chi connectivity index (χ0v) is 21.9. The Labute approximate surface area is 226 Å². The van der Waals surface area contributed by atoms with E-state index in [1.165, 1.54) is 0 Å². The van der Waals surface area contributed by atoms with Crippen LogP contribution in [0.15, 0.2) is 54.9 Å². The van der Waals surface area contributed by atoms with Crippen molar-refractivity contribution in [2.75, 3.05) is 46.4 Å². The Morgan fingerprint density at radius 2 is 1.87 bits per heavy atom. The van der Waals surface area contributed by atoms with E-state index in [2.05, 4.69) is 38.3 Å². The molecule has 200 valence electrons. The van der Waals surface area contributed by atoms with E-state index in [-0.39, 0.29) is 17.7 Å². The summed E-state index contributed by atoms with van der Waals surface area (Å²) in [4.78, 5) is 45.5. The van der Waals surface area contributed by atoms with Gasteiger partial charge in [-0.05, 0) is 42.9 Å². The number of piperazine rings is 1. The summed E-state index contributed by atoms with van der Waals surface area (Å²) >= 11 is 0. The molecule has 10 heteroatoms. The standard InChI is InChI=1S/C29H31N7O3/c1-35-8-10-36(11-9-35)29(38)26-15-21-12-19(2-3-23(21)33-26)13-27-31-7-5-24(34-27)25-16-22(4-6-30-25)39-18-20-14-28(37)32-17-20/h2-7,12,15-16,20,33H,8-11,13-14,17-18H2,1H3,(H,32,37). The molecule has 6 rings (SSSR count). The second-order valence-electron chi connectivity index (χ2n) is 10.3. The Balaban J connectivity index is 1.14. The summed E-state index contributed by atoms with van der Waals surface area (Å²) in [5.74, 6) is 1.67. The van der Waals surface area contributed by atoms with Gasteiger partial charge >= 0.3 is 0 Å². The lowest BCUT2D eigenvalue weighted by molar-refractivity contribution is -0.119. The molecule has 2 N–H and O–H groups in total. The molecular formula is C29H31N7O3. The van der Waals surface area contributed by atoms with Gasteiger partial charge in [0.05, 0.1) is 18.0 Å². The predicted molar refractivity (Wildman–Crippen MR) is 146 cm³/mol. The van der Waals surface area contributed by atoms with Crippen molar-refractivity contribution >= 4 is 22.7 Å². The lowest BCUT2D eigenvalue weighted by Gasteiger charge is -2.32. The van der Waals surface area contributed by atoms with Crippen molar-refractivity contribution in [3.63, 3.8) is 0 Å². The Bertz CT molecular complexity index is 1510. The number of benzene rings is 1. The van der Waals surface area contributed by atoms with Crippen LogP contribution in [0.2, 0.25) is 0 Å². The topological polar surface area (TPSA) is 116 Å². The first-order chi connectivity index (χ1) is 19.0. The molecule has 10 nitrogen and oxygen atoms in total. The quantitative estimate of drug-likeness (QED) is 0.381. The van der Waals surface area contributed by atoms with Gasteiger partial charge in [0.25, 0.3) is 5.91 Å². The van der Waals surface area contributed by atoms with Crippen LogP contribution >= 0.6 is 0 Å². The molecule has 0 aliphatic carbocycles. The maximum absolute atomic E-state index is 13.0. The highest BCUT2D eigenvalue weighted by atomic mass is 16.5. The van der Waals surface area contributed by atoms with Crippen molar-refractivity contribution in [2.45, 2.75) is 12.8 Å². The number of likely N-dealkylation sites (N-methyl/N-ethyl adjacent to an activating group) is 1. The molecule has 2 amide bonds. The molecule has 2 aliphatic rings. The highest BCUT2D eigenvalue weighted by Gasteiger charge is 2.23. The van der Waals surface area contributed by atoms with Crippen molar-refractivity contribution in [3.8, 4) is 17.1 Å². The number of nitrogens with one attached hydrogen (secondary N) is 2. The van der Waals surface area contributed by atoms with Crippen molar-refractivity contribution in [3.05, 3.63) is 71.9 Å². The fraction of sp³-hybridized carbons (Fsp3) is 0.345. The molecule has 39 heavy (non-hydrogen) atoms. The average Bonchev–Trinajstić information content (AvgIpc) is 3.58. The lowest BCUT2D eigenvalue weighted by atomic mass is 10.1. The maximum atomic E-state index is 13.0. The average molecular weight is 526 g/mol. The van der Waals surface area contributed by atoms with E-state index in [1.54, 1.807) is 12.4 Å². The molecule has 0 bridgehead atoms. The van der Waals surface area contributed by atoms with Gasteiger partial charge in [-0.15, -0.1) is 0 Å². The third kappa shape index (κ3) is 5.75. The van der Waals surface area contributed by atoms with Gasteiger partial charge in [-0.3, -0.25) is 14.6 Å². The van der Waals surface area contributed by atoms with Crippen LogP contribution in [0, 0.1) is 5.92 Å². The van der Waals surface area contributed by atoms with Crippen molar-refractivity contribution in [1.29, 1.82) is 0 Å². The number of fused-ring (bicyclic) bond motifs is 1. The minimum atomic E-state index is 0.0454. The fourth-order valence-corrected chi connectivity index (χ4v) is 5.03. The van der Waals surface area contributed by atoms with E-state index in [0.29, 0.717) is 54.6 Å². The number of carbonyl (C=O) groups excluding carboxylic acids is 2. The summed E-state index contributed by atoms with van der Waals surface area (Å²) in [6.07, 6.45) is 4.49. The molecule has 0 radical (unpaired) electrons. The Morgan fingerprint density at radius 1 is 1.03 bits per heavy atom. The van der Waals surface area contributed by atoms with Crippen molar-refractivity contribution in [1.82, 2.24) is 35.1 Å². The predicted octanol–water partition coefficient (Wildman–Crippen LogP) is 2.51. The molecule has 2 aliphatic heterocycles. The molecule has 3 aromatic heterocycles. The molecule has 4 aromatic rings. The summed E-state index contributed by atoms with van der Waals surface area (Å²) in [7, 11) is 2.08. The number of nitrogens with zero attached hydrogens (tertiary/aromatic N) is 5. The number of hydrogen-bond acceptors (Lipinski definition) is 7. The summed E-state index contributed by atoms with van der Waals surface area (Å²) in [5.41, 5.74) is 4.02. The summed E-state index contributed by atoms with van der Waals surface area (Å²) in [6.45, 7) is 4.39. The van der Waals surface area contributed by atoms with Gasteiger partial charge in [0.1, 0.15) is 17.3 Å². The van der Waals surface area contributed by atoms with Gasteiger partial charge in [-0.1, -0.05) is 6.07 Å². The maximum Gasteiger partial charge on any atom is 0.270 e. The zero-order valence-electron chi connectivity index (χ0n) is 21.9. The number of H-pyrrole nitrogens is 1. The van der Waals surface area contributed by atoms with Crippen LogP contribution in [-0.2, 0) is 11.2 Å². The second kappa shape index (κ2) is 10.8. The number of rotatable bonds is 7. The van der Waals surface area contributed by atoms with Crippen LogP contribution in [0.3, 0.4) is 0 Å². The number of hydrogen-bond donors (Lipinski definition) is 2. The van der Waals surface area contributed by atoms with E-state index < -0.39 is 0 Å². The number of ether oxygens (including phenoxy) is 1. The third-order valence-electron chi connectivity index (χ3n) is 7.32. The zero-order chi connectivity index (χ0) is 26.8. The number of carbonyl (C=O) groups is 2. The van der Waals surface area contributed by atoms with Gasteiger partial charge < -0.3 is 24.8 Å². The minimum absolute atomic E-state index is 0.0454. The molecule has 1 atom stereocenters. The molecule has 2 fully saturated rings. The van der Waals surface area contributed by atoms with E-state index in [9.17, 15) is 9.59 Å². The highest BCUT2D eigenvalue weighted by molar-refractivity contribution is 5.98. The van der Waals surface area contributed by atoms with E-state index >= 15 is 0 Å². The fourth-order valence-electron chi connectivity index (χ4n) is 5.03. The smallest absolute Gasteiger partial charge is 0.270 e. The Morgan fingerprint density at radius 3 is 2.69 bits per heavy atom. The monoisotopic (exact) mass is 525 g/mol. The Kier molecular flexibility index (Phi) is 6.93. The first kappa shape index (κ1) is 25.0. The molecule has 0 spiro atoms. The number of aromatic nitrogens is 4. The van der Waals surface area contributed by atoms with Crippen LogP contribution < -0.4 is 10.1 Å². The number of pyridine rings is 1. The summed E-state index contributed by atoms with van der Waals surface area (Å²) in [5, 5.41) is 3.82. The van der Waals surface area contributed by atoms with Crippen LogP contribution in [0.25, 0.3) is 22.3 Å². The third-order valence-corrected chi connectivity index (χ3v) is 7.32. The SMILES string of the molecule is CN1CCN(C(=O)c2cc3cc(Cc4nccc(-c5cc(OCC6CNC(=O)C6)ccn5)n4)ccc3[nH]2)CC1. The molecule has 2 saturated heterocycles. The second-order valence-corrected chi connectivity index (χ2v) is 10.3. The number of amides is 2. The first-order valence-electron chi connectivity index (χ1n) is 13.3. The van der Waals surface area contributed by atoms with Gasteiger partial charge in [-0.25, -0.2) is 9.97 Å². The van der Waals surface area contributed by atoms with Crippen LogP contribution in [0.5, 0.6) is 5.75 Å². The van der Waals surface area contributed by atoms with E-state index in [4.69, 9.17) is 9.72 Å². The highest BCUT2D eigenvalue weighted by Crippen LogP contribution is 2.23. The van der Waals surface area contributed by atoms with Crippen LogP contribution in [-0.4, -0.2) is 87.9 Å². The van der Waals surface area contributed by atoms with Gasteiger partial charge in [0.15, 0.2) is 0 Å². The number of aromatic amines is 1. The van der Waals surface area contributed by atoms with Crippen LogP contribution in [0.1, 0.15) is 28.3 Å².